The molecular formula is C12H28N2O2. The molecule has 0 saturated carbocycles. The van der Waals surface area contributed by atoms with Crippen LogP contribution < -0.4 is 11.1 Å². The molecule has 0 spiro atoms. The molecule has 0 aliphatic carbocycles. The van der Waals surface area contributed by atoms with Crippen molar-refractivity contribution in [3.63, 3.8) is 0 Å². The van der Waals surface area contributed by atoms with Crippen LogP contribution in [0.25, 0.3) is 0 Å². The first kappa shape index (κ1) is 20.4. The Balaban J connectivity index is -0.000000376. The van der Waals surface area contributed by atoms with Gasteiger partial charge >= 0.3 is 0 Å². The van der Waals surface area contributed by atoms with Crippen LogP contribution in [0.15, 0.2) is 0 Å². The molecule has 98 valence electrons. The maximum Gasteiger partial charge on any atom is 0.240 e. The number of primary amides is 1. The molecule has 0 bridgehead atoms. The summed E-state index contributed by atoms with van der Waals surface area (Å²) >= 11 is 0. The summed E-state index contributed by atoms with van der Waals surface area (Å²) in [5, 5.41) is 2.50. The van der Waals surface area contributed by atoms with Crippen molar-refractivity contribution in [1.29, 1.82) is 0 Å². The van der Waals surface area contributed by atoms with E-state index in [0.717, 1.165) is 0 Å². The molecule has 0 fully saturated rings. The number of hydrogen-bond donors (Lipinski definition) is 2. The van der Waals surface area contributed by atoms with E-state index in [1.165, 1.54) is 6.92 Å². The van der Waals surface area contributed by atoms with Gasteiger partial charge < -0.3 is 11.1 Å². The Labute approximate surface area is 100.0 Å². The van der Waals surface area contributed by atoms with Crippen molar-refractivity contribution in [3.8, 4) is 0 Å². The molecule has 0 rings (SSSR count). The van der Waals surface area contributed by atoms with Gasteiger partial charge in [0.1, 0.15) is 6.04 Å². The number of amides is 2. The summed E-state index contributed by atoms with van der Waals surface area (Å²) in [6.45, 7) is 13.3. The Morgan fingerprint density at radius 3 is 1.69 bits per heavy atom. The van der Waals surface area contributed by atoms with E-state index in [9.17, 15) is 9.59 Å². The molecule has 1 atom stereocenters. The minimum absolute atomic E-state index is 0.223. The highest BCUT2D eigenvalue weighted by molar-refractivity contribution is 5.85. The summed E-state index contributed by atoms with van der Waals surface area (Å²) in [7, 11) is 0. The minimum Gasteiger partial charge on any atom is -0.368 e. The second-order valence-corrected chi connectivity index (χ2v) is 3.29. The van der Waals surface area contributed by atoms with Crippen LogP contribution in [0.2, 0.25) is 0 Å². The van der Waals surface area contributed by atoms with Gasteiger partial charge in [-0.3, -0.25) is 9.59 Å². The zero-order valence-electron chi connectivity index (χ0n) is 11.8. The van der Waals surface area contributed by atoms with Crippen LogP contribution in [-0.2, 0) is 9.59 Å². The summed E-state index contributed by atoms with van der Waals surface area (Å²) in [6.07, 6.45) is 0.592. The zero-order valence-corrected chi connectivity index (χ0v) is 11.8. The molecule has 0 saturated heterocycles. The van der Waals surface area contributed by atoms with Gasteiger partial charge in [-0.2, -0.15) is 0 Å². The zero-order chi connectivity index (χ0) is 13.7. The number of carbonyl (C=O) groups excluding carboxylic acids is 2. The highest BCUT2D eigenvalue weighted by atomic mass is 16.2. The van der Waals surface area contributed by atoms with Crippen LogP contribution >= 0.6 is 0 Å². The van der Waals surface area contributed by atoms with E-state index in [2.05, 4.69) is 5.32 Å². The molecule has 0 aromatic carbocycles. The lowest BCUT2D eigenvalue weighted by Crippen LogP contribution is -2.44. The fourth-order valence-corrected chi connectivity index (χ4v) is 0.963. The van der Waals surface area contributed by atoms with Crippen LogP contribution in [0.4, 0.5) is 0 Å². The number of nitrogens with one attached hydrogen (secondary N) is 1. The largest absolute Gasteiger partial charge is 0.368 e. The standard InChI is InChI=1S/C8H16N2O2.2C2H6/c1-5(2)4-7(8(9)12)10-6(3)11;2*1-2/h5,7H,4H2,1-3H3,(H2,9,12)(H,10,11);2*1-2H3. The fourth-order valence-electron chi connectivity index (χ4n) is 0.963. The van der Waals surface area contributed by atoms with Crippen molar-refractivity contribution in [2.75, 3.05) is 0 Å². The van der Waals surface area contributed by atoms with Crippen molar-refractivity contribution < 1.29 is 9.59 Å². The highest BCUT2D eigenvalue weighted by Gasteiger charge is 2.16. The van der Waals surface area contributed by atoms with Gasteiger partial charge in [0.25, 0.3) is 0 Å². The van der Waals surface area contributed by atoms with E-state index in [1.54, 1.807) is 0 Å². The average Bonchev–Trinajstić information content (AvgIpc) is 2.21. The van der Waals surface area contributed by atoms with Crippen LogP contribution in [-0.4, -0.2) is 17.9 Å². The molecule has 2 amide bonds. The average molecular weight is 232 g/mol. The Kier molecular flexibility index (Phi) is 17.7. The molecule has 16 heavy (non-hydrogen) atoms. The van der Waals surface area contributed by atoms with Crippen molar-refractivity contribution in [3.05, 3.63) is 0 Å². The number of carbonyl (C=O) groups is 2. The van der Waals surface area contributed by atoms with E-state index in [-0.39, 0.29) is 5.91 Å². The first-order chi connectivity index (χ1) is 7.43. The van der Waals surface area contributed by atoms with E-state index in [4.69, 9.17) is 5.73 Å². The Morgan fingerprint density at radius 2 is 1.50 bits per heavy atom. The Hall–Kier alpha value is -1.06. The van der Waals surface area contributed by atoms with Crippen LogP contribution in [0.5, 0.6) is 0 Å². The molecule has 0 aliphatic rings. The van der Waals surface area contributed by atoms with Gasteiger partial charge in [-0.05, 0) is 12.3 Å². The van der Waals surface area contributed by atoms with Crippen molar-refractivity contribution in [2.24, 2.45) is 11.7 Å². The molecule has 4 nitrogen and oxygen atoms in total. The molecule has 0 heterocycles. The van der Waals surface area contributed by atoms with E-state index in [1.807, 2.05) is 41.5 Å². The lowest BCUT2D eigenvalue weighted by Gasteiger charge is -2.15. The summed E-state index contributed by atoms with van der Waals surface area (Å²) < 4.78 is 0. The molecule has 0 aromatic heterocycles. The van der Waals surface area contributed by atoms with Crippen LogP contribution in [0.3, 0.4) is 0 Å². The van der Waals surface area contributed by atoms with Gasteiger partial charge in [-0.1, -0.05) is 41.5 Å². The van der Waals surface area contributed by atoms with Gasteiger partial charge in [0.15, 0.2) is 0 Å². The van der Waals surface area contributed by atoms with Gasteiger partial charge in [0.05, 0.1) is 0 Å². The van der Waals surface area contributed by atoms with E-state index >= 15 is 0 Å². The fraction of sp³-hybridized carbons (Fsp3) is 0.833. The number of rotatable bonds is 4. The van der Waals surface area contributed by atoms with Gasteiger partial charge in [-0.25, -0.2) is 0 Å². The number of hydrogen-bond acceptors (Lipinski definition) is 2. The second kappa shape index (κ2) is 13.9. The highest BCUT2D eigenvalue weighted by Crippen LogP contribution is 2.03. The summed E-state index contributed by atoms with van der Waals surface area (Å²) in [5.41, 5.74) is 5.08. The molecular weight excluding hydrogens is 204 g/mol. The maximum absolute atomic E-state index is 10.8. The van der Waals surface area contributed by atoms with Crippen LogP contribution in [0, 0.1) is 5.92 Å². The topological polar surface area (TPSA) is 72.2 Å². The van der Waals surface area contributed by atoms with E-state index < -0.39 is 11.9 Å². The predicted octanol–water partition coefficient (Wildman–Crippen LogP) is 2.07. The third-order valence-corrected chi connectivity index (χ3v) is 1.43. The van der Waals surface area contributed by atoms with Gasteiger partial charge in [0.2, 0.25) is 11.8 Å². The Bertz CT molecular complexity index is 180. The SMILES string of the molecule is CC.CC.CC(=O)NC(CC(C)C)C(N)=O. The smallest absolute Gasteiger partial charge is 0.240 e. The first-order valence-electron chi connectivity index (χ1n) is 6.00. The number of nitrogens with two attached hydrogens (primary N) is 1. The summed E-state index contributed by atoms with van der Waals surface area (Å²) in [5.74, 6) is -0.354. The lowest BCUT2D eigenvalue weighted by molar-refractivity contribution is -0.126. The van der Waals surface area contributed by atoms with Gasteiger partial charge in [-0.15, -0.1) is 0 Å². The van der Waals surface area contributed by atoms with Crippen molar-refractivity contribution >= 4 is 11.8 Å². The molecule has 0 aromatic rings. The molecule has 0 radical (unpaired) electrons. The minimum atomic E-state index is -0.525. The third-order valence-electron chi connectivity index (χ3n) is 1.43. The van der Waals surface area contributed by atoms with Crippen molar-refractivity contribution in [1.82, 2.24) is 5.32 Å². The normalized spacial score (nSPS) is 10.2. The first-order valence-corrected chi connectivity index (χ1v) is 6.00. The maximum atomic E-state index is 10.8. The Morgan fingerprint density at radius 1 is 1.12 bits per heavy atom. The third kappa shape index (κ3) is 15.4. The predicted molar refractivity (Wildman–Crippen MR) is 69.0 cm³/mol. The molecule has 3 N–H and O–H groups in total. The second-order valence-electron chi connectivity index (χ2n) is 3.29. The van der Waals surface area contributed by atoms with Gasteiger partial charge in [0, 0.05) is 6.92 Å². The quantitative estimate of drug-likeness (QED) is 0.779. The summed E-state index contributed by atoms with van der Waals surface area (Å²) in [6, 6.07) is -0.525. The summed E-state index contributed by atoms with van der Waals surface area (Å²) in [4.78, 5) is 21.4. The lowest BCUT2D eigenvalue weighted by atomic mass is 10.0. The monoisotopic (exact) mass is 232 g/mol. The molecule has 1 unspecified atom stereocenters. The molecule has 0 aliphatic heterocycles. The van der Waals surface area contributed by atoms with E-state index in [0.29, 0.717) is 12.3 Å². The van der Waals surface area contributed by atoms with Crippen molar-refractivity contribution in [2.45, 2.75) is 60.9 Å². The van der Waals surface area contributed by atoms with Crippen LogP contribution in [0.1, 0.15) is 54.9 Å². The molecule has 4 heteroatoms.